The number of hydrogen-bond donors (Lipinski definition) is 1. The second-order valence-electron chi connectivity index (χ2n) is 8.37. The lowest BCUT2D eigenvalue weighted by Crippen LogP contribution is -2.59. The van der Waals surface area contributed by atoms with E-state index in [0.29, 0.717) is 0 Å². The maximum absolute atomic E-state index is 12.3. The Balaban J connectivity index is 2.08. The van der Waals surface area contributed by atoms with Crippen LogP contribution in [0.5, 0.6) is 0 Å². The molecule has 4 heteroatoms. The Bertz CT molecular complexity index is 302. The molecule has 0 bridgehead atoms. The van der Waals surface area contributed by atoms with E-state index in [4.69, 9.17) is 4.74 Å². The van der Waals surface area contributed by atoms with Crippen LogP contribution >= 0.6 is 12.6 Å². The molecule has 0 atom stereocenters. The van der Waals surface area contributed by atoms with Gasteiger partial charge in [-0.2, -0.15) is 12.6 Å². The highest BCUT2D eigenvalue weighted by Gasteiger charge is 2.46. The first kappa shape index (κ1) is 21.3. The topological polar surface area (TPSA) is 32.4 Å². The first-order chi connectivity index (χ1) is 10.8. The maximum atomic E-state index is 12.3. The summed E-state index contributed by atoms with van der Waals surface area (Å²) in [7, 11) is 0. The van der Waals surface area contributed by atoms with Crippen LogP contribution in [0, 0.1) is 0 Å². The van der Waals surface area contributed by atoms with Crippen molar-refractivity contribution in [2.24, 2.45) is 0 Å². The van der Waals surface area contributed by atoms with Crippen LogP contribution in [0.15, 0.2) is 0 Å². The highest BCUT2D eigenvalue weighted by atomic mass is 32.1. The first-order valence-corrected chi connectivity index (χ1v) is 10.1. The van der Waals surface area contributed by atoms with Crippen molar-refractivity contribution in [1.29, 1.82) is 0 Å². The fourth-order valence-corrected chi connectivity index (χ4v) is 4.04. The third-order valence-electron chi connectivity index (χ3n) is 4.96. The van der Waals surface area contributed by atoms with Crippen molar-refractivity contribution in [2.45, 2.75) is 109 Å². The van der Waals surface area contributed by atoms with Gasteiger partial charge in [0.2, 0.25) is 0 Å². The van der Waals surface area contributed by atoms with Gasteiger partial charge in [-0.3, -0.25) is 0 Å². The van der Waals surface area contributed by atoms with E-state index in [1.54, 1.807) is 0 Å². The smallest absolute Gasteiger partial charge is 0.0611 e. The lowest BCUT2D eigenvalue weighted by Gasteiger charge is -2.49. The number of rotatable bonds is 11. The Hall–Kier alpha value is 0.230. The second-order valence-corrected chi connectivity index (χ2v) is 8.82. The molecule has 0 saturated carbocycles. The fraction of sp³-hybridized carbons (Fsp3) is 1.00. The fourth-order valence-electron chi connectivity index (χ4n) is 3.81. The summed E-state index contributed by atoms with van der Waals surface area (Å²) in [4.78, 5) is 0. The zero-order valence-corrected chi connectivity index (χ0v) is 16.7. The minimum Gasteiger partial charge on any atom is -0.378 e. The molecule has 0 aromatic rings. The molecule has 3 nitrogen and oxygen atoms in total. The summed E-state index contributed by atoms with van der Waals surface area (Å²) in [5, 5.41) is 13.6. The van der Waals surface area contributed by atoms with Gasteiger partial charge in [-0.1, -0.05) is 38.5 Å². The standard InChI is InChI=1S/C19H38NO2S/c1-18(2)15-17(16-19(3,4)20(18)21)22-13-11-9-7-5-6-8-10-12-14-23/h17,23H,5-16H2,1-4H3. The average Bonchev–Trinajstić information content (AvgIpc) is 2.46. The van der Waals surface area contributed by atoms with E-state index in [1.165, 1.54) is 50.0 Å². The number of hydrogen-bond acceptors (Lipinski definition) is 3. The Kier molecular flexibility index (Phi) is 9.50. The summed E-state index contributed by atoms with van der Waals surface area (Å²) in [6.07, 6.45) is 12.3. The summed E-state index contributed by atoms with van der Waals surface area (Å²) in [6.45, 7) is 8.97. The molecule has 137 valence electrons. The van der Waals surface area contributed by atoms with Crippen LogP contribution in [0.3, 0.4) is 0 Å². The minimum absolute atomic E-state index is 0.228. The number of ether oxygens (including phenoxy) is 1. The van der Waals surface area contributed by atoms with Gasteiger partial charge in [0.1, 0.15) is 0 Å². The predicted molar refractivity (Wildman–Crippen MR) is 100 cm³/mol. The zero-order chi connectivity index (χ0) is 17.3. The van der Waals surface area contributed by atoms with Crippen LogP contribution in [0.25, 0.3) is 0 Å². The van der Waals surface area contributed by atoms with Gasteiger partial charge < -0.3 is 4.74 Å². The molecule has 23 heavy (non-hydrogen) atoms. The quantitative estimate of drug-likeness (QED) is 0.401. The third-order valence-corrected chi connectivity index (χ3v) is 5.28. The summed E-state index contributed by atoms with van der Waals surface area (Å²) < 4.78 is 6.09. The number of unbranched alkanes of at least 4 members (excludes halogenated alkanes) is 7. The SMILES string of the molecule is CC1(C)CC(OCCCCCCCCCCS)CC(C)(C)N1[O]. The van der Waals surface area contributed by atoms with Crippen molar-refractivity contribution < 1.29 is 9.94 Å². The highest BCUT2D eigenvalue weighted by Crippen LogP contribution is 2.38. The average molecular weight is 345 g/mol. The molecule has 0 aromatic carbocycles. The number of hydroxylamine groups is 2. The molecular formula is C19H38NO2S. The van der Waals surface area contributed by atoms with Gasteiger partial charge in [0.15, 0.2) is 0 Å². The number of nitrogens with zero attached hydrogens (tertiary/aromatic N) is 1. The Morgan fingerprint density at radius 3 is 1.78 bits per heavy atom. The van der Waals surface area contributed by atoms with E-state index in [1.807, 2.05) is 27.7 Å². The van der Waals surface area contributed by atoms with Crippen LogP contribution in [0.2, 0.25) is 0 Å². The molecule has 0 N–H and O–H groups in total. The molecule has 0 aromatic heterocycles. The Labute approximate surface area is 149 Å². The molecule has 1 rings (SSSR count). The molecule has 0 unspecified atom stereocenters. The molecule has 1 saturated heterocycles. The molecule has 1 radical (unpaired) electrons. The Morgan fingerprint density at radius 1 is 0.870 bits per heavy atom. The van der Waals surface area contributed by atoms with Gasteiger partial charge in [0.25, 0.3) is 0 Å². The summed E-state index contributed by atoms with van der Waals surface area (Å²) in [6, 6.07) is 0. The predicted octanol–water partition coefficient (Wildman–Crippen LogP) is 5.42. The molecule has 1 fully saturated rings. The van der Waals surface area contributed by atoms with E-state index in [9.17, 15) is 5.21 Å². The lowest BCUT2D eigenvalue weighted by molar-refractivity contribution is -0.301. The van der Waals surface area contributed by atoms with Crippen molar-refractivity contribution >= 4 is 12.6 Å². The largest absolute Gasteiger partial charge is 0.378 e. The third kappa shape index (κ3) is 7.76. The monoisotopic (exact) mass is 344 g/mol. The van der Waals surface area contributed by atoms with Gasteiger partial charge in [0.05, 0.1) is 6.10 Å². The van der Waals surface area contributed by atoms with Crippen molar-refractivity contribution in [3.63, 3.8) is 0 Å². The minimum atomic E-state index is -0.320. The molecule has 0 spiro atoms. The lowest BCUT2D eigenvalue weighted by atomic mass is 9.80. The molecule has 1 heterocycles. The summed E-state index contributed by atoms with van der Waals surface area (Å²) in [5.41, 5.74) is -0.640. The molecule has 1 aliphatic heterocycles. The van der Waals surface area contributed by atoms with E-state index >= 15 is 0 Å². The first-order valence-electron chi connectivity index (χ1n) is 9.49. The van der Waals surface area contributed by atoms with Crippen LogP contribution in [-0.4, -0.2) is 34.6 Å². The van der Waals surface area contributed by atoms with Crippen molar-refractivity contribution in [3.05, 3.63) is 0 Å². The second kappa shape index (κ2) is 10.3. The number of piperidine rings is 1. The zero-order valence-electron chi connectivity index (χ0n) is 15.8. The molecule has 0 amide bonds. The van der Waals surface area contributed by atoms with E-state index in [2.05, 4.69) is 12.6 Å². The van der Waals surface area contributed by atoms with Crippen LogP contribution in [0.4, 0.5) is 0 Å². The van der Waals surface area contributed by atoms with Crippen molar-refractivity contribution in [3.8, 4) is 0 Å². The van der Waals surface area contributed by atoms with E-state index in [0.717, 1.165) is 31.6 Å². The van der Waals surface area contributed by atoms with E-state index in [-0.39, 0.29) is 17.2 Å². The molecule has 0 aliphatic carbocycles. The maximum Gasteiger partial charge on any atom is 0.0611 e. The van der Waals surface area contributed by atoms with Crippen molar-refractivity contribution in [1.82, 2.24) is 5.06 Å². The summed E-state index contributed by atoms with van der Waals surface area (Å²) >= 11 is 4.24. The van der Waals surface area contributed by atoms with Gasteiger partial charge >= 0.3 is 0 Å². The van der Waals surface area contributed by atoms with Gasteiger partial charge in [-0.05, 0) is 59.1 Å². The van der Waals surface area contributed by atoms with Gasteiger partial charge in [0, 0.05) is 17.7 Å². The normalized spacial score (nSPS) is 21.7. The molecular weight excluding hydrogens is 306 g/mol. The number of thiol groups is 1. The highest BCUT2D eigenvalue weighted by molar-refractivity contribution is 7.80. The molecule has 1 aliphatic rings. The van der Waals surface area contributed by atoms with Gasteiger partial charge in [-0.25, -0.2) is 0 Å². The van der Waals surface area contributed by atoms with Crippen LogP contribution in [0.1, 0.15) is 91.9 Å². The Morgan fingerprint density at radius 2 is 1.30 bits per heavy atom. The van der Waals surface area contributed by atoms with Crippen LogP contribution in [-0.2, 0) is 9.94 Å². The van der Waals surface area contributed by atoms with Crippen molar-refractivity contribution in [2.75, 3.05) is 12.4 Å². The van der Waals surface area contributed by atoms with Crippen LogP contribution < -0.4 is 0 Å². The van der Waals surface area contributed by atoms with E-state index < -0.39 is 0 Å². The van der Waals surface area contributed by atoms with Gasteiger partial charge in [-0.15, -0.1) is 10.3 Å². The summed E-state index contributed by atoms with van der Waals surface area (Å²) in [5.74, 6) is 1.02.